The third-order valence-corrected chi connectivity index (χ3v) is 4.52. The van der Waals surface area contributed by atoms with Crippen molar-refractivity contribution in [3.8, 4) is 0 Å². The van der Waals surface area contributed by atoms with E-state index in [-0.39, 0.29) is 5.92 Å². The molecule has 0 N–H and O–H groups in total. The lowest BCUT2D eigenvalue weighted by atomic mass is 9.99. The van der Waals surface area contributed by atoms with E-state index in [1.54, 1.807) is 0 Å². The van der Waals surface area contributed by atoms with Crippen molar-refractivity contribution >= 4 is 11.3 Å². The number of imidazole rings is 2. The maximum Gasteiger partial charge on any atom is 0.137 e. The summed E-state index contributed by atoms with van der Waals surface area (Å²) in [6.07, 6.45) is 10.2. The van der Waals surface area contributed by atoms with E-state index in [1.807, 2.05) is 16.8 Å². The summed E-state index contributed by atoms with van der Waals surface area (Å²) in [5, 5.41) is 0. The van der Waals surface area contributed by atoms with Gasteiger partial charge in [0, 0.05) is 36.9 Å². The van der Waals surface area contributed by atoms with Crippen LogP contribution < -0.4 is 0 Å². The van der Waals surface area contributed by atoms with Crippen LogP contribution in [0.4, 0.5) is 0 Å². The van der Waals surface area contributed by atoms with Gasteiger partial charge in [-0.1, -0.05) is 26.8 Å². The molecule has 0 aliphatic carbocycles. The molecule has 0 bridgehead atoms. The Morgan fingerprint density at radius 2 is 1.74 bits per heavy atom. The molecule has 1 atom stereocenters. The Kier molecular flexibility index (Phi) is 3.18. The quantitative estimate of drug-likeness (QED) is 0.567. The Morgan fingerprint density at radius 3 is 2.57 bits per heavy atom. The van der Waals surface area contributed by atoms with Crippen LogP contribution in [0, 0.1) is 0 Å². The zero-order valence-electron chi connectivity index (χ0n) is 13.6. The first-order valence-electron chi connectivity index (χ1n) is 8.03. The van der Waals surface area contributed by atoms with Gasteiger partial charge in [0.15, 0.2) is 0 Å². The van der Waals surface area contributed by atoms with Crippen LogP contribution in [0.15, 0.2) is 55.2 Å². The monoisotopic (exact) mass is 304 g/mol. The highest BCUT2D eigenvalue weighted by atomic mass is 15.0. The van der Waals surface area contributed by atoms with Gasteiger partial charge in [-0.15, -0.1) is 0 Å². The van der Waals surface area contributed by atoms with Crippen LogP contribution in [0.2, 0.25) is 0 Å². The van der Waals surface area contributed by atoms with Gasteiger partial charge >= 0.3 is 0 Å². The van der Waals surface area contributed by atoms with Crippen molar-refractivity contribution in [3.05, 3.63) is 72.1 Å². The van der Waals surface area contributed by atoms with Crippen molar-refractivity contribution in [1.82, 2.24) is 18.8 Å². The number of fused-ring (bicyclic) bond motifs is 2. The Morgan fingerprint density at radius 1 is 0.870 bits per heavy atom. The molecule has 0 saturated carbocycles. The van der Waals surface area contributed by atoms with Crippen LogP contribution in [0.1, 0.15) is 49.4 Å². The molecular weight excluding hydrogens is 284 g/mol. The predicted octanol–water partition coefficient (Wildman–Crippen LogP) is 4.26. The Balaban J connectivity index is 1.74. The molecule has 0 saturated heterocycles. The van der Waals surface area contributed by atoms with Gasteiger partial charge in [-0.3, -0.25) is 0 Å². The Labute approximate surface area is 135 Å². The van der Waals surface area contributed by atoms with Crippen molar-refractivity contribution in [1.29, 1.82) is 0 Å². The highest BCUT2D eigenvalue weighted by Gasteiger charge is 2.14. The highest BCUT2D eigenvalue weighted by molar-refractivity contribution is 5.47. The molecular formula is C19H20N4. The number of rotatable bonds is 3. The number of hydrogen-bond acceptors (Lipinski definition) is 2. The minimum absolute atomic E-state index is 0.235. The molecule has 116 valence electrons. The lowest BCUT2D eigenvalue weighted by molar-refractivity contribution is 0.852. The number of nitrogens with zero attached hydrogens (tertiary/aromatic N) is 4. The van der Waals surface area contributed by atoms with Crippen LogP contribution >= 0.6 is 0 Å². The van der Waals surface area contributed by atoms with Gasteiger partial charge in [0.2, 0.25) is 0 Å². The molecule has 4 aromatic rings. The molecule has 0 aliphatic heterocycles. The lowest BCUT2D eigenvalue weighted by Crippen LogP contribution is -1.97. The second-order valence-electron chi connectivity index (χ2n) is 6.42. The van der Waals surface area contributed by atoms with Crippen molar-refractivity contribution in [2.24, 2.45) is 0 Å². The van der Waals surface area contributed by atoms with Gasteiger partial charge in [-0.05, 0) is 35.2 Å². The third-order valence-electron chi connectivity index (χ3n) is 4.52. The standard InChI is InChI=1S/C19H20N4/c1-13(2)16-4-5-18-21-17(12-23(18)11-16)14(3)15-6-8-22-9-7-20-19(22)10-15/h4-14H,1-3H3/t14-/m0/s1. The minimum atomic E-state index is 0.235. The fraction of sp³-hybridized carbons (Fsp3) is 0.263. The SMILES string of the molecule is CC(C)c1ccc2nc([C@@H](C)c3ccn4ccnc4c3)cn2c1. The summed E-state index contributed by atoms with van der Waals surface area (Å²) in [6, 6.07) is 8.54. The summed E-state index contributed by atoms with van der Waals surface area (Å²) in [4.78, 5) is 9.16. The van der Waals surface area contributed by atoms with Crippen LogP contribution in [0.3, 0.4) is 0 Å². The predicted molar refractivity (Wildman–Crippen MR) is 92.0 cm³/mol. The minimum Gasteiger partial charge on any atom is -0.307 e. The summed E-state index contributed by atoms with van der Waals surface area (Å²) in [7, 11) is 0. The molecule has 4 rings (SSSR count). The zero-order valence-corrected chi connectivity index (χ0v) is 13.6. The second-order valence-corrected chi connectivity index (χ2v) is 6.42. The molecule has 4 nitrogen and oxygen atoms in total. The molecule has 0 fully saturated rings. The fourth-order valence-corrected chi connectivity index (χ4v) is 2.94. The maximum absolute atomic E-state index is 4.79. The lowest BCUT2D eigenvalue weighted by Gasteiger charge is -2.09. The Hall–Kier alpha value is -2.62. The normalized spacial score (nSPS) is 13.2. The van der Waals surface area contributed by atoms with Crippen LogP contribution in [-0.2, 0) is 0 Å². The van der Waals surface area contributed by atoms with Gasteiger partial charge in [-0.25, -0.2) is 9.97 Å². The van der Waals surface area contributed by atoms with Crippen molar-refractivity contribution < 1.29 is 0 Å². The first-order valence-corrected chi connectivity index (χ1v) is 8.03. The summed E-state index contributed by atoms with van der Waals surface area (Å²) in [6.45, 7) is 6.61. The molecule has 4 heteroatoms. The van der Waals surface area contributed by atoms with E-state index in [1.165, 1.54) is 11.1 Å². The molecule has 0 radical (unpaired) electrons. The van der Waals surface area contributed by atoms with Crippen LogP contribution in [-0.4, -0.2) is 18.8 Å². The summed E-state index contributed by atoms with van der Waals surface area (Å²) < 4.78 is 4.16. The summed E-state index contributed by atoms with van der Waals surface area (Å²) in [5.41, 5.74) is 5.62. The molecule has 0 aliphatic rings. The van der Waals surface area contributed by atoms with Gasteiger partial charge in [-0.2, -0.15) is 0 Å². The van der Waals surface area contributed by atoms with E-state index in [4.69, 9.17) is 4.98 Å². The van der Waals surface area contributed by atoms with Crippen LogP contribution in [0.5, 0.6) is 0 Å². The largest absolute Gasteiger partial charge is 0.307 e. The first-order chi connectivity index (χ1) is 11.1. The topological polar surface area (TPSA) is 34.6 Å². The molecule has 0 amide bonds. The van der Waals surface area contributed by atoms with E-state index < -0.39 is 0 Å². The fourth-order valence-electron chi connectivity index (χ4n) is 2.94. The summed E-state index contributed by atoms with van der Waals surface area (Å²) >= 11 is 0. The molecule has 0 unspecified atom stereocenters. The van der Waals surface area contributed by atoms with Crippen molar-refractivity contribution in [2.75, 3.05) is 0 Å². The molecule has 23 heavy (non-hydrogen) atoms. The molecule has 4 heterocycles. The van der Waals surface area contributed by atoms with Crippen molar-refractivity contribution in [3.63, 3.8) is 0 Å². The van der Waals surface area contributed by atoms with Gasteiger partial charge in [0.1, 0.15) is 11.3 Å². The van der Waals surface area contributed by atoms with E-state index in [0.717, 1.165) is 17.0 Å². The van der Waals surface area contributed by atoms with Gasteiger partial charge in [0.05, 0.1) is 5.69 Å². The van der Waals surface area contributed by atoms with E-state index in [2.05, 4.69) is 73.0 Å². The van der Waals surface area contributed by atoms with E-state index in [0.29, 0.717) is 5.92 Å². The average molecular weight is 304 g/mol. The van der Waals surface area contributed by atoms with Crippen molar-refractivity contribution in [2.45, 2.75) is 32.6 Å². The van der Waals surface area contributed by atoms with Gasteiger partial charge in [0.25, 0.3) is 0 Å². The smallest absolute Gasteiger partial charge is 0.137 e. The van der Waals surface area contributed by atoms with E-state index >= 15 is 0 Å². The molecule has 4 aromatic heterocycles. The second kappa shape index (κ2) is 5.23. The number of aromatic nitrogens is 4. The first kappa shape index (κ1) is 14.0. The number of hydrogen-bond donors (Lipinski definition) is 0. The maximum atomic E-state index is 4.79. The van der Waals surface area contributed by atoms with Crippen LogP contribution in [0.25, 0.3) is 11.3 Å². The number of pyridine rings is 2. The Bertz CT molecular complexity index is 977. The zero-order chi connectivity index (χ0) is 16.0. The third kappa shape index (κ3) is 2.40. The highest BCUT2D eigenvalue weighted by Crippen LogP contribution is 2.25. The molecule has 0 spiro atoms. The van der Waals surface area contributed by atoms with Gasteiger partial charge < -0.3 is 8.80 Å². The summed E-state index contributed by atoms with van der Waals surface area (Å²) in [5.74, 6) is 0.754. The average Bonchev–Trinajstić information content (AvgIpc) is 3.18. The van der Waals surface area contributed by atoms with E-state index in [9.17, 15) is 0 Å². The molecule has 0 aromatic carbocycles.